The minimum atomic E-state index is -3.33. The molecule has 0 radical (unpaired) electrons. The van der Waals surface area contributed by atoms with Crippen molar-refractivity contribution in [2.75, 3.05) is 32.8 Å². The molecule has 26 heavy (non-hydrogen) atoms. The Balaban J connectivity index is 1.49. The first kappa shape index (κ1) is 19.0. The maximum atomic E-state index is 12.3. The van der Waals surface area contributed by atoms with Gasteiger partial charge in [0, 0.05) is 26.2 Å². The molecule has 1 atom stereocenters. The Morgan fingerprint density at radius 2 is 1.85 bits per heavy atom. The highest BCUT2D eigenvalue weighted by Gasteiger charge is 2.22. The number of nitrogens with zero attached hydrogens (tertiary/aromatic N) is 1. The monoisotopic (exact) mass is 374 g/mol. The van der Waals surface area contributed by atoms with Crippen LogP contribution in [0.2, 0.25) is 0 Å². The van der Waals surface area contributed by atoms with Crippen molar-refractivity contribution in [3.05, 3.63) is 71.3 Å². The van der Waals surface area contributed by atoms with E-state index in [4.69, 9.17) is 4.74 Å². The van der Waals surface area contributed by atoms with Crippen LogP contribution in [0.4, 0.5) is 0 Å². The maximum Gasteiger partial charge on any atom is 0.215 e. The van der Waals surface area contributed by atoms with Crippen molar-refractivity contribution < 1.29 is 13.2 Å². The van der Waals surface area contributed by atoms with Gasteiger partial charge in [-0.25, -0.2) is 13.1 Å². The van der Waals surface area contributed by atoms with E-state index >= 15 is 0 Å². The fourth-order valence-corrected chi connectivity index (χ4v) is 4.40. The van der Waals surface area contributed by atoms with E-state index in [1.807, 2.05) is 49.4 Å². The zero-order chi connectivity index (χ0) is 18.4. The second-order valence-corrected chi connectivity index (χ2v) is 8.46. The van der Waals surface area contributed by atoms with Gasteiger partial charge in [0.15, 0.2) is 0 Å². The second kappa shape index (κ2) is 8.77. The van der Waals surface area contributed by atoms with Crippen molar-refractivity contribution in [1.29, 1.82) is 0 Å². The van der Waals surface area contributed by atoms with E-state index in [2.05, 4.69) is 21.8 Å². The Morgan fingerprint density at radius 3 is 2.62 bits per heavy atom. The number of morpholine rings is 1. The molecule has 140 valence electrons. The van der Waals surface area contributed by atoms with Crippen LogP contribution in [0, 0.1) is 6.92 Å². The first-order valence-electron chi connectivity index (χ1n) is 8.94. The predicted molar refractivity (Wildman–Crippen MR) is 103 cm³/mol. The number of ether oxygens (including phenoxy) is 1. The van der Waals surface area contributed by atoms with Gasteiger partial charge in [0.1, 0.15) is 0 Å². The third-order valence-electron chi connectivity index (χ3n) is 4.68. The lowest BCUT2D eigenvalue weighted by Gasteiger charge is -2.33. The summed E-state index contributed by atoms with van der Waals surface area (Å²) in [4.78, 5) is 2.25. The van der Waals surface area contributed by atoms with Crippen LogP contribution in [0.25, 0.3) is 0 Å². The molecular weight excluding hydrogens is 348 g/mol. The van der Waals surface area contributed by atoms with Gasteiger partial charge in [-0.2, -0.15) is 0 Å². The maximum absolute atomic E-state index is 12.3. The third kappa shape index (κ3) is 5.38. The molecule has 0 aliphatic carbocycles. The highest BCUT2D eigenvalue weighted by Crippen LogP contribution is 2.21. The van der Waals surface area contributed by atoms with Crippen molar-refractivity contribution >= 4 is 10.0 Å². The van der Waals surface area contributed by atoms with Gasteiger partial charge in [-0.3, -0.25) is 4.90 Å². The SMILES string of the molecule is Cc1ccccc1CS(=O)(=O)NCCN1CCOC(c2ccccc2)C1. The first-order chi connectivity index (χ1) is 12.5. The molecule has 1 heterocycles. The number of hydrogen-bond donors (Lipinski definition) is 1. The summed E-state index contributed by atoms with van der Waals surface area (Å²) in [6, 6.07) is 17.7. The quantitative estimate of drug-likeness (QED) is 0.809. The second-order valence-electron chi connectivity index (χ2n) is 6.65. The van der Waals surface area contributed by atoms with Gasteiger partial charge >= 0.3 is 0 Å². The molecule has 1 unspecified atom stereocenters. The van der Waals surface area contributed by atoms with Gasteiger partial charge in [-0.15, -0.1) is 0 Å². The molecule has 6 heteroatoms. The number of nitrogens with one attached hydrogen (secondary N) is 1. The third-order valence-corrected chi connectivity index (χ3v) is 6.01. The Bertz CT molecular complexity index is 809. The first-order valence-corrected chi connectivity index (χ1v) is 10.6. The number of rotatable bonds is 7. The molecule has 1 saturated heterocycles. The summed E-state index contributed by atoms with van der Waals surface area (Å²) < 4.78 is 33.2. The molecule has 0 bridgehead atoms. The Labute approximate surface area is 156 Å². The number of sulfonamides is 1. The zero-order valence-electron chi connectivity index (χ0n) is 15.1. The highest BCUT2D eigenvalue weighted by molar-refractivity contribution is 7.88. The summed E-state index contributed by atoms with van der Waals surface area (Å²) in [5.74, 6) is 0.0232. The zero-order valence-corrected chi connectivity index (χ0v) is 15.9. The van der Waals surface area contributed by atoms with Crippen LogP contribution in [0.5, 0.6) is 0 Å². The van der Waals surface area contributed by atoms with Crippen molar-refractivity contribution in [2.45, 2.75) is 18.8 Å². The summed E-state index contributed by atoms with van der Waals surface area (Å²) in [5, 5.41) is 0. The lowest BCUT2D eigenvalue weighted by atomic mass is 10.1. The molecular formula is C20H26N2O3S. The Morgan fingerprint density at radius 1 is 1.12 bits per heavy atom. The smallest absolute Gasteiger partial charge is 0.215 e. The number of aryl methyl sites for hydroxylation is 1. The van der Waals surface area contributed by atoms with Crippen molar-refractivity contribution in [3.63, 3.8) is 0 Å². The molecule has 1 N–H and O–H groups in total. The van der Waals surface area contributed by atoms with Gasteiger partial charge in [0.05, 0.1) is 18.5 Å². The summed E-state index contributed by atoms with van der Waals surface area (Å²) in [7, 11) is -3.33. The summed E-state index contributed by atoms with van der Waals surface area (Å²) in [6.45, 7) is 5.29. The molecule has 0 saturated carbocycles. The van der Waals surface area contributed by atoms with Crippen LogP contribution >= 0.6 is 0 Å². The van der Waals surface area contributed by atoms with Gasteiger partial charge in [-0.05, 0) is 23.6 Å². The van der Waals surface area contributed by atoms with Gasteiger partial charge in [0.2, 0.25) is 10.0 Å². The molecule has 2 aromatic rings. The van der Waals surface area contributed by atoms with E-state index in [0.29, 0.717) is 19.7 Å². The lowest BCUT2D eigenvalue weighted by molar-refractivity contribution is -0.0291. The molecule has 3 rings (SSSR count). The van der Waals surface area contributed by atoms with Crippen LogP contribution in [0.15, 0.2) is 54.6 Å². The van der Waals surface area contributed by atoms with Crippen LogP contribution in [-0.2, 0) is 20.5 Å². The van der Waals surface area contributed by atoms with Gasteiger partial charge < -0.3 is 4.74 Å². The van der Waals surface area contributed by atoms with Gasteiger partial charge in [0.25, 0.3) is 0 Å². The van der Waals surface area contributed by atoms with Gasteiger partial charge in [-0.1, -0.05) is 54.6 Å². The molecule has 1 aliphatic rings. The fourth-order valence-electron chi connectivity index (χ4n) is 3.16. The van der Waals surface area contributed by atoms with Crippen molar-refractivity contribution in [2.24, 2.45) is 0 Å². The Hall–Kier alpha value is -1.73. The summed E-state index contributed by atoms with van der Waals surface area (Å²) in [5.41, 5.74) is 3.00. The summed E-state index contributed by atoms with van der Waals surface area (Å²) >= 11 is 0. The van der Waals surface area contributed by atoms with Crippen molar-refractivity contribution in [1.82, 2.24) is 9.62 Å². The molecule has 1 aliphatic heterocycles. The van der Waals surface area contributed by atoms with E-state index in [1.54, 1.807) is 0 Å². The fraction of sp³-hybridized carbons (Fsp3) is 0.400. The van der Waals surface area contributed by atoms with Crippen LogP contribution in [0.3, 0.4) is 0 Å². The lowest BCUT2D eigenvalue weighted by Crippen LogP contribution is -2.42. The van der Waals surface area contributed by atoms with E-state index in [-0.39, 0.29) is 11.9 Å². The molecule has 0 spiro atoms. The standard InChI is InChI=1S/C20H26N2O3S/c1-17-7-5-6-10-19(17)16-26(23,24)21-11-12-22-13-14-25-20(15-22)18-8-3-2-4-9-18/h2-10,20-21H,11-16H2,1H3. The van der Waals surface area contributed by atoms with Crippen LogP contribution in [-0.4, -0.2) is 46.1 Å². The topological polar surface area (TPSA) is 58.6 Å². The number of hydrogen-bond acceptors (Lipinski definition) is 4. The van der Waals surface area contributed by atoms with E-state index in [9.17, 15) is 8.42 Å². The minimum absolute atomic E-state index is 0.0232. The average molecular weight is 375 g/mol. The van der Waals surface area contributed by atoms with Crippen molar-refractivity contribution in [3.8, 4) is 0 Å². The molecule has 0 aromatic heterocycles. The summed E-state index contributed by atoms with van der Waals surface area (Å²) in [6.07, 6.45) is 0.0496. The molecule has 0 amide bonds. The Kier molecular flexibility index (Phi) is 6.43. The van der Waals surface area contributed by atoms with E-state index in [1.165, 1.54) is 0 Å². The highest BCUT2D eigenvalue weighted by atomic mass is 32.2. The minimum Gasteiger partial charge on any atom is -0.371 e. The number of benzene rings is 2. The van der Waals surface area contributed by atoms with Crippen LogP contribution < -0.4 is 4.72 Å². The largest absolute Gasteiger partial charge is 0.371 e. The molecule has 5 nitrogen and oxygen atoms in total. The average Bonchev–Trinajstić information content (AvgIpc) is 2.64. The molecule has 1 fully saturated rings. The normalized spacial score (nSPS) is 18.7. The van der Waals surface area contributed by atoms with E-state index in [0.717, 1.165) is 29.8 Å². The molecule has 2 aromatic carbocycles. The van der Waals surface area contributed by atoms with E-state index < -0.39 is 10.0 Å². The predicted octanol–water partition coefficient (Wildman–Crippen LogP) is 2.49. The van der Waals surface area contributed by atoms with Crippen LogP contribution in [0.1, 0.15) is 22.8 Å².